The number of fused-ring (bicyclic) bond motifs is 1. The second-order valence-electron chi connectivity index (χ2n) is 9.82. The molecule has 0 aliphatic heterocycles. The molecule has 5 nitrogen and oxygen atoms in total. The lowest BCUT2D eigenvalue weighted by atomic mass is 9.91. The van der Waals surface area contributed by atoms with Gasteiger partial charge >= 0.3 is 0 Å². The molecule has 1 aromatic heterocycles. The van der Waals surface area contributed by atoms with Crippen molar-refractivity contribution in [3.63, 3.8) is 0 Å². The molecule has 170 valence electrons. The van der Waals surface area contributed by atoms with E-state index in [2.05, 4.69) is 27.7 Å². The van der Waals surface area contributed by atoms with E-state index in [0.29, 0.717) is 29.7 Å². The number of carbonyl (C=O) groups excluding carboxylic acids is 1. The molecule has 0 N–H and O–H groups in total. The number of benzene rings is 2. The number of rotatable bonds is 7. The van der Waals surface area contributed by atoms with Gasteiger partial charge in [0.1, 0.15) is 5.82 Å². The third-order valence-electron chi connectivity index (χ3n) is 5.66. The molecule has 3 aromatic rings. The lowest BCUT2D eigenvalue weighted by molar-refractivity contribution is -0.135. The van der Waals surface area contributed by atoms with Crippen molar-refractivity contribution in [2.75, 3.05) is 6.54 Å². The molecule has 32 heavy (non-hydrogen) atoms. The molecule has 3 rings (SSSR count). The Morgan fingerprint density at radius 1 is 1.12 bits per heavy atom. The van der Waals surface area contributed by atoms with Crippen LogP contribution in [-0.4, -0.2) is 26.9 Å². The average molecular weight is 434 g/mol. The van der Waals surface area contributed by atoms with Crippen LogP contribution >= 0.6 is 0 Å². The van der Waals surface area contributed by atoms with Gasteiger partial charge in [-0.1, -0.05) is 58.4 Å². The van der Waals surface area contributed by atoms with Crippen molar-refractivity contribution in [1.82, 2.24) is 14.5 Å². The zero-order valence-corrected chi connectivity index (χ0v) is 20.2. The van der Waals surface area contributed by atoms with Crippen molar-refractivity contribution in [1.29, 1.82) is 0 Å². The monoisotopic (exact) mass is 433 g/mol. The average Bonchev–Trinajstić information content (AvgIpc) is 2.72. The fourth-order valence-corrected chi connectivity index (χ4v) is 4.00. The predicted octanol–water partition coefficient (Wildman–Crippen LogP) is 5.82. The van der Waals surface area contributed by atoms with Crippen molar-refractivity contribution in [2.45, 2.75) is 66.8 Å². The van der Waals surface area contributed by atoms with Gasteiger partial charge in [0.05, 0.1) is 22.6 Å². The summed E-state index contributed by atoms with van der Waals surface area (Å²) < 4.78 is 1.68. The van der Waals surface area contributed by atoms with Crippen LogP contribution in [0, 0.1) is 12.3 Å². The van der Waals surface area contributed by atoms with E-state index >= 15 is 0 Å². The van der Waals surface area contributed by atoms with E-state index in [1.165, 1.54) is 0 Å². The van der Waals surface area contributed by atoms with E-state index in [1.807, 2.05) is 67.3 Å². The predicted molar refractivity (Wildman–Crippen MR) is 131 cm³/mol. The second kappa shape index (κ2) is 9.68. The number of nitrogens with zero attached hydrogens (tertiary/aromatic N) is 3. The van der Waals surface area contributed by atoms with Gasteiger partial charge in [-0.15, -0.1) is 0 Å². The third-order valence-corrected chi connectivity index (χ3v) is 5.66. The first-order valence-corrected chi connectivity index (χ1v) is 11.5. The number of hydrogen-bond acceptors (Lipinski definition) is 3. The topological polar surface area (TPSA) is 55.2 Å². The summed E-state index contributed by atoms with van der Waals surface area (Å²) in [7, 11) is 0. The molecular formula is C27H35N3O2. The maximum absolute atomic E-state index is 13.6. The smallest absolute Gasteiger partial charge is 0.266 e. The Hall–Kier alpha value is -2.95. The first kappa shape index (κ1) is 23.7. The molecular weight excluding hydrogens is 398 g/mol. The van der Waals surface area contributed by atoms with Crippen LogP contribution in [0.3, 0.4) is 0 Å². The van der Waals surface area contributed by atoms with E-state index in [1.54, 1.807) is 4.57 Å². The molecule has 1 atom stereocenters. The lowest BCUT2D eigenvalue weighted by Gasteiger charge is -2.32. The SMILES string of the molecule is CCCCN(C(=O)CC(C)(C)C)[C@@H](C)c1nc2ccccc2c(=O)n1-c1cccc(C)c1. The Balaban J connectivity index is 2.21. The molecule has 0 spiro atoms. The fraction of sp³-hybridized carbons (Fsp3) is 0.444. The molecule has 0 bridgehead atoms. The molecule has 0 aliphatic rings. The highest BCUT2D eigenvalue weighted by Crippen LogP contribution is 2.27. The van der Waals surface area contributed by atoms with E-state index < -0.39 is 0 Å². The van der Waals surface area contributed by atoms with Crippen LogP contribution in [0.1, 0.15) is 71.3 Å². The van der Waals surface area contributed by atoms with Gasteiger partial charge in [-0.25, -0.2) is 4.98 Å². The highest BCUT2D eigenvalue weighted by atomic mass is 16.2. The maximum atomic E-state index is 13.6. The Labute approximate surface area is 191 Å². The number of hydrogen-bond donors (Lipinski definition) is 0. The van der Waals surface area contributed by atoms with Crippen LogP contribution in [0.4, 0.5) is 0 Å². The number of amides is 1. The number of carbonyl (C=O) groups is 1. The van der Waals surface area contributed by atoms with Crippen LogP contribution in [0.2, 0.25) is 0 Å². The van der Waals surface area contributed by atoms with E-state index in [9.17, 15) is 9.59 Å². The first-order chi connectivity index (χ1) is 15.1. The minimum absolute atomic E-state index is 0.0941. The summed E-state index contributed by atoms with van der Waals surface area (Å²) >= 11 is 0. The third kappa shape index (κ3) is 5.26. The number of para-hydroxylation sites is 1. The normalized spacial score (nSPS) is 12.7. The molecule has 0 aliphatic carbocycles. The summed E-state index contributed by atoms with van der Waals surface area (Å²) in [5.74, 6) is 0.689. The van der Waals surface area contributed by atoms with Crippen molar-refractivity contribution in [3.05, 3.63) is 70.3 Å². The van der Waals surface area contributed by atoms with E-state index in [4.69, 9.17) is 4.98 Å². The Kier molecular flexibility index (Phi) is 7.17. The molecule has 1 heterocycles. The molecule has 0 radical (unpaired) electrons. The van der Waals surface area contributed by atoms with Crippen LogP contribution in [0.25, 0.3) is 16.6 Å². The van der Waals surface area contributed by atoms with Crippen LogP contribution in [0.5, 0.6) is 0 Å². The largest absolute Gasteiger partial charge is 0.333 e. The van der Waals surface area contributed by atoms with Gasteiger partial charge in [-0.05, 0) is 55.5 Å². The number of aromatic nitrogens is 2. The van der Waals surface area contributed by atoms with Crippen LogP contribution < -0.4 is 5.56 Å². The summed E-state index contributed by atoms with van der Waals surface area (Å²) in [6.45, 7) is 13.0. The molecule has 2 aromatic carbocycles. The van der Waals surface area contributed by atoms with Crippen molar-refractivity contribution >= 4 is 16.8 Å². The molecule has 5 heteroatoms. The number of aryl methyl sites for hydroxylation is 1. The van der Waals surface area contributed by atoms with Gasteiger partial charge in [0.25, 0.3) is 5.56 Å². The second-order valence-corrected chi connectivity index (χ2v) is 9.82. The minimum Gasteiger partial charge on any atom is -0.333 e. The van der Waals surface area contributed by atoms with Gasteiger partial charge < -0.3 is 4.90 Å². The molecule has 1 amide bonds. The highest BCUT2D eigenvalue weighted by Gasteiger charge is 2.29. The fourth-order valence-electron chi connectivity index (χ4n) is 4.00. The summed E-state index contributed by atoms with van der Waals surface area (Å²) in [5, 5.41) is 0.575. The molecule has 0 unspecified atom stereocenters. The van der Waals surface area contributed by atoms with Gasteiger partial charge in [0.2, 0.25) is 5.91 Å². The molecule has 0 saturated carbocycles. The summed E-state index contributed by atoms with van der Waals surface area (Å²) in [6, 6.07) is 14.9. The quantitative estimate of drug-likeness (QED) is 0.472. The Morgan fingerprint density at radius 3 is 2.50 bits per heavy atom. The van der Waals surface area contributed by atoms with Gasteiger partial charge in [-0.3, -0.25) is 14.2 Å². The maximum Gasteiger partial charge on any atom is 0.266 e. The van der Waals surface area contributed by atoms with Crippen LogP contribution in [0.15, 0.2) is 53.3 Å². The molecule has 0 saturated heterocycles. The zero-order chi connectivity index (χ0) is 23.5. The Bertz CT molecular complexity index is 1160. The zero-order valence-electron chi connectivity index (χ0n) is 20.2. The van der Waals surface area contributed by atoms with Crippen molar-refractivity contribution in [2.24, 2.45) is 5.41 Å². The molecule has 0 fully saturated rings. The Morgan fingerprint density at radius 2 is 1.84 bits per heavy atom. The number of unbranched alkanes of at least 4 members (excludes halogenated alkanes) is 1. The van der Waals surface area contributed by atoms with Gasteiger partial charge in [-0.2, -0.15) is 0 Å². The first-order valence-electron chi connectivity index (χ1n) is 11.5. The van der Waals surface area contributed by atoms with Crippen molar-refractivity contribution < 1.29 is 4.79 Å². The standard InChI is InChI=1S/C27H35N3O2/c1-7-8-16-29(24(31)18-27(4,5)6)20(3)25-28-23-15-10-9-14-22(23)26(32)30(25)21-13-11-12-19(2)17-21/h9-15,17,20H,7-8,16,18H2,1-6H3/t20-/m0/s1. The van der Waals surface area contributed by atoms with Crippen molar-refractivity contribution in [3.8, 4) is 5.69 Å². The van der Waals surface area contributed by atoms with E-state index in [-0.39, 0.29) is 22.9 Å². The minimum atomic E-state index is -0.339. The summed E-state index contributed by atoms with van der Waals surface area (Å²) in [6.07, 6.45) is 2.34. The lowest BCUT2D eigenvalue weighted by Crippen LogP contribution is -2.39. The summed E-state index contributed by atoms with van der Waals surface area (Å²) in [4.78, 5) is 33.8. The highest BCUT2D eigenvalue weighted by molar-refractivity contribution is 5.79. The van der Waals surface area contributed by atoms with Gasteiger partial charge in [0, 0.05) is 13.0 Å². The van der Waals surface area contributed by atoms with Crippen LogP contribution in [-0.2, 0) is 4.79 Å². The van der Waals surface area contributed by atoms with E-state index in [0.717, 1.165) is 24.1 Å². The summed E-state index contributed by atoms with van der Waals surface area (Å²) in [5.41, 5.74) is 2.26. The van der Waals surface area contributed by atoms with Gasteiger partial charge in [0.15, 0.2) is 0 Å².